The maximum absolute atomic E-state index is 4.84. The third kappa shape index (κ3) is 3.99. The molecule has 146 valence electrons. The van der Waals surface area contributed by atoms with Gasteiger partial charge in [0.15, 0.2) is 0 Å². The van der Waals surface area contributed by atoms with Gasteiger partial charge in [-0.25, -0.2) is 9.97 Å². The molecule has 1 aliphatic heterocycles. The molecule has 0 N–H and O–H groups in total. The number of aromatic nitrogens is 4. The molecule has 0 spiro atoms. The minimum absolute atomic E-state index is 0.835. The van der Waals surface area contributed by atoms with Gasteiger partial charge in [0.25, 0.3) is 0 Å². The van der Waals surface area contributed by atoms with Crippen LogP contribution in [0, 0.1) is 27.7 Å². The van der Waals surface area contributed by atoms with E-state index >= 15 is 0 Å². The molecule has 2 aromatic heterocycles. The largest absolute Gasteiger partial charge is 0.353 e. The van der Waals surface area contributed by atoms with E-state index in [1.165, 1.54) is 16.7 Å². The molecule has 4 rings (SSSR count). The van der Waals surface area contributed by atoms with Crippen LogP contribution in [0.3, 0.4) is 0 Å². The highest BCUT2D eigenvalue weighted by Gasteiger charge is 2.24. The van der Waals surface area contributed by atoms with Gasteiger partial charge < -0.3 is 9.80 Å². The van der Waals surface area contributed by atoms with E-state index in [4.69, 9.17) is 4.98 Å². The summed E-state index contributed by atoms with van der Waals surface area (Å²) in [5.74, 6) is 1.92. The number of benzene rings is 1. The summed E-state index contributed by atoms with van der Waals surface area (Å²) in [6.45, 7) is 11.9. The Hall–Kier alpha value is -2.54. The fourth-order valence-electron chi connectivity index (χ4n) is 3.62. The molecular weight excluding hydrogens is 368 g/mol. The molecule has 3 aromatic rings. The van der Waals surface area contributed by atoms with E-state index in [1.54, 1.807) is 11.3 Å². The van der Waals surface area contributed by atoms with Crippen molar-refractivity contribution in [3.8, 4) is 0 Å². The van der Waals surface area contributed by atoms with Gasteiger partial charge in [0.2, 0.25) is 5.13 Å². The Labute approximate surface area is 170 Å². The Kier molecular flexibility index (Phi) is 5.26. The van der Waals surface area contributed by atoms with E-state index in [-0.39, 0.29) is 0 Å². The zero-order chi connectivity index (χ0) is 19.7. The molecule has 0 atom stereocenters. The van der Waals surface area contributed by atoms with Gasteiger partial charge in [-0.05, 0) is 33.3 Å². The van der Waals surface area contributed by atoms with Gasteiger partial charge in [-0.1, -0.05) is 41.2 Å². The number of piperazine rings is 1. The smallest absolute Gasteiger partial charge is 0.208 e. The van der Waals surface area contributed by atoms with Crippen molar-refractivity contribution in [3.63, 3.8) is 0 Å². The molecule has 1 aromatic carbocycles. The lowest BCUT2D eigenvalue weighted by molar-refractivity contribution is 0.638. The van der Waals surface area contributed by atoms with Crippen LogP contribution in [0.5, 0.6) is 0 Å². The number of aryl methyl sites for hydroxylation is 4. The van der Waals surface area contributed by atoms with Crippen LogP contribution < -0.4 is 9.80 Å². The van der Waals surface area contributed by atoms with Crippen molar-refractivity contribution in [2.75, 3.05) is 36.0 Å². The molecule has 0 amide bonds. The van der Waals surface area contributed by atoms with Crippen molar-refractivity contribution in [1.29, 1.82) is 0 Å². The Morgan fingerprint density at radius 1 is 0.857 bits per heavy atom. The Bertz CT molecular complexity index is 958. The van der Waals surface area contributed by atoms with E-state index in [0.717, 1.165) is 60.1 Å². The molecule has 3 heterocycles. The number of hydrogen-bond acceptors (Lipinski definition) is 7. The molecule has 0 unspecified atom stereocenters. The standard InChI is InChI=1S/C21H26N6S/c1-14-5-7-18(8-6-14)13-19-15(2)22-16(3)23-20(19)26-9-11-27(12-10-26)21-25-24-17(4)28-21/h5-8H,9-13H2,1-4H3. The zero-order valence-corrected chi connectivity index (χ0v) is 17.8. The van der Waals surface area contributed by atoms with Gasteiger partial charge in [-0.2, -0.15) is 0 Å². The second-order valence-corrected chi connectivity index (χ2v) is 8.56. The molecule has 1 fully saturated rings. The molecule has 7 heteroatoms. The van der Waals surface area contributed by atoms with Crippen LogP contribution in [0.1, 0.15) is 33.2 Å². The van der Waals surface area contributed by atoms with E-state index in [0.29, 0.717) is 0 Å². The zero-order valence-electron chi connectivity index (χ0n) is 16.9. The number of rotatable bonds is 4. The monoisotopic (exact) mass is 394 g/mol. The maximum Gasteiger partial charge on any atom is 0.208 e. The number of nitrogens with zero attached hydrogens (tertiary/aromatic N) is 6. The van der Waals surface area contributed by atoms with Gasteiger partial charge >= 0.3 is 0 Å². The van der Waals surface area contributed by atoms with Crippen LogP contribution in [-0.2, 0) is 6.42 Å². The average Bonchev–Trinajstić information content (AvgIpc) is 3.12. The van der Waals surface area contributed by atoms with Gasteiger partial charge in [0.1, 0.15) is 16.6 Å². The Balaban J connectivity index is 1.56. The molecule has 0 radical (unpaired) electrons. The lowest BCUT2D eigenvalue weighted by Gasteiger charge is -2.36. The second kappa shape index (κ2) is 7.83. The molecule has 1 saturated heterocycles. The molecule has 28 heavy (non-hydrogen) atoms. The SMILES string of the molecule is Cc1ccc(Cc2c(C)nc(C)nc2N2CCN(c3nnc(C)s3)CC2)cc1. The summed E-state index contributed by atoms with van der Waals surface area (Å²) in [5, 5.41) is 10.5. The summed E-state index contributed by atoms with van der Waals surface area (Å²) in [7, 11) is 0. The van der Waals surface area contributed by atoms with E-state index in [9.17, 15) is 0 Å². The van der Waals surface area contributed by atoms with Gasteiger partial charge in [-0.15, -0.1) is 10.2 Å². The lowest BCUT2D eigenvalue weighted by Crippen LogP contribution is -2.47. The van der Waals surface area contributed by atoms with E-state index in [2.05, 4.69) is 63.1 Å². The summed E-state index contributed by atoms with van der Waals surface area (Å²) in [4.78, 5) is 14.2. The van der Waals surface area contributed by atoms with Gasteiger partial charge in [0, 0.05) is 43.9 Å². The third-order valence-electron chi connectivity index (χ3n) is 5.17. The van der Waals surface area contributed by atoms with Crippen LogP contribution in [-0.4, -0.2) is 46.3 Å². The molecule has 1 aliphatic rings. The summed E-state index contributed by atoms with van der Waals surface area (Å²) in [6.07, 6.45) is 0.859. The summed E-state index contributed by atoms with van der Waals surface area (Å²) in [5.41, 5.74) is 4.88. The van der Waals surface area contributed by atoms with Crippen molar-refractivity contribution in [3.05, 3.63) is 57.5 Å². The van der Waals surface area contributed by atoms with Crippen LogP contribution in [0.25, 0.3) is 0 Å². The lowest BCUT2D eigenvalue weighted by atomic mass is 10.0. The van der Waals surface area contributed by atoms with Crippen molar-refractivity contribution >= 4 is 22.3 Å². The minimum atomic E-state index is 0.835. The van der Waals surface area contributed by atoms with Crippen molar-refractivity contribution in [1.82, 2.24) is 20.2 Å². The quantitative estimate of drug-likeness (QED) is 0.675. The summed E-state index contributed by atoms with van der Waals surface area (Å²) in [6, 6.07) is 8.74. The van der Waals surface area contributed by atoms with Gasteiger partial charge in [-0.3, -0.25) is 0 Å². The first kappa shape index (κ1) is 18.8. The number of anilines is 2. The van der Waals surface area contributed by atoms with E-state index < -0.39 is 0 Å². The Morgan fingerprint density at radius 3 is 2.18 bits per heavy atom. The van der Waals surface area contributed by atoms with Crippen LogP contribution in [0.4, 0.5) is 10.9 Å². The molecule has 0 bridgehead atoms. The first-order valence-corrected chi connectivity index (χ1v) is 10.5. The molecule has 6 nitrogen and oxygen atoms in total. The first-order chi connectivity index (χ1) is 13.5. The molecule has 0 saturated carbocycles. The number of hydrogen-bond donors (Lipinski definition) is 0. The highest BCUT2D eigenvalue weighted by Crippen LogP contribution is 2.27. The molecule has 0 aliphatic carbocycles. The normalized spacial score (nSPS) is 14.6. The minimum Gasteiger partial charge on any atom is -0.353 e. The average molecular weight is 395 g/mol. The predicted octanol–water partition coefficient (Wildman–Crippen LogP) is 3.48. The van der Waals surface area contributed by atoms with Gasteiger partial charge in [0.05, 0.1) is 0 Å². The third-order valence-corrected chi connectivity index (χ3v) is 6.07. The van der Waals surface area contributed by atoms with Crippen LogP contribution in [0.15, 0.2) is 24.3 Å². The van der Waals surface area contributed by atoms with Crippen LogP contribution >= 0.6 is 11.3 Å². The second-order valence-electron chi connectivity index (χ2n) is 7.40. The van der Waals surface area contributed by atoms with Crippen LogP contribution in [0.2, 0.25) is 0 Å². The summed E-state index contributed by atoms with van der Waals surface area (Å²) < 4.78 is 0. The first-order valence-electron chi connectivity index (χ1n) is 9.69. The summed E-state index contributed by atoms with van der Waals surface area (Å²) >= 11 is 1.66. The highest BCUT2D eigenvalue weighted by atomic mass is 32.1. The topological polar surface area (TPSA) is 58.0 Å². The van der Waals surface area contributed by atoms with Crippen molar-refractivity contribution in [2.45, 2.75) is 34.1 Å². The fourth-order valence-corrected chi connectivity index (χ4v) is 4.36. The molecular formula is C21H26N6S. The fraction of sp³-hybridized carbons (Fsp3) is 0.429. The predicted molar refractivity (Wildman–Crippen MR) is 115 cm³/mol. The van der Waals surface area contributed by atoms with Crippen molar-refractivity contribution in [2.24, 2.45) is 0 Å². The van der Waals surface area contributed by atoms with E-state index in [1.807, 2.05) is 13.8 Å². The Morgan fingerprint density at radius 2 is 1.54 bits per heavy atom. The maximum atomic E-state index is 4.84. The highest BCUT2D eigenvalue weighted by molar-refractivity contribution is 7.15. The van der Waals surface area contributed by atoms with Crippen molar-refractivity contribution < 1.29 is 0 Å².